The summed E-state index contributed by atoms with van der Waals surface area (Å²) in [5.74, 6) is 4.68. The zero-order chi connectivity index (χ0) is 12.1. The summed E-state index contributed by atoms with van der Waals surface area (Å²) in [5.41, 5.74) is 0.910. The van der Waals surface area contributed by atoms with E-state index in [1.807, 2.05) is 0 Å². The van der Waals surface area contributed by atoms with E-state index in [9.17, 15) is 9.18 Å². The second-order valence-corrected chi connectivity index (χ2v) is 3.70. The zero-order valence-electron chi connectivity index (χ0n) is 9.03. The quantitative estimate of drug-likeness (QED) is 0.749. The van der Waals surface area contributed by atoms with E-state index in [0.717, 1.165) is 0 Å². The number of hydrogen-bond donors (Lipinski definition) is 1. The summed E-state index contributed by atoms with van der Waals surface area (Å²) in [5, 5.41) is 2.97. The van der Waals surface area contributed by atoms with Crippen LogP contribution >= 0.6 is 11.6 Å². The normalized spacial score (nSPS) is 9.25. The minimum absolute atomic E-state index is 0.170. The van der Waals surface area contributed by atoms with Gasteiger partial charge in [0.1, 0.15) is 5.82 Å². The minimum Gasteiger partial charge on any atom is -0.345 e. The summed E-state index contributed by atoms with van der Waals surface area (Å²) in [6, 6.07) is 2.82. The molecule has 1 aromatic rings. The molecule has 84 valence electrons. The van der Waals surface area contributed by atoms with E-state index in [2.05, 4.69) is 17.2 Å². The highest BCUT2D eigenvalue weighted by atomic mass is 35.5. The van der Waals surface area contributed by atoms with Crippen molar-refractivity contribution in [2.75, 3.05) is 6.54 Å². The lowest BCUT2D eigenvalue weighted by Crippen LogP contribution is -2.19. The number of benzene rings is 1. The second-order valence-electron chi connectivity index (χ2n) is 3.29. The molecule has 4 heteroatoms. The Morgan fingerprint density at radius 1 is 1.56 bits per heavy atom. The molecular weight excluding hydrogens is 229 g/mol. The van der Waals surface area contributed by atoms with Crippen molar-refractivity contribution in [1.82, 2.24) is 5.32 Å². The van der Waals surface area contributed by atoms with Gasteiger partial charge in [-0.1, -0.05) is 23.4 Å². The Hall–Kier alpha value is -1.53. The highest BCUT2D eigenvalue weighted by Crippen LogP contribution is 2.19. The lowest BCUT2D eigenvalue weighted by molar-refractivity contribution is -0.118. The van der Waals surface area contributed by atoms with Crippen LogP contribution in [0.5, 0.6) is 0 Å². The van der Waals surface area contributed by atoms with E-state index in [0.29, 0.717) is 10.6 Å². The molecule has 1 aromatic carbocycles. The van der Waals surface area contributed by atoms with Gasteiger partial charge < -0.3 is 5.32 Å². The van der Waals surface area contributed by atoms with Gasteiger partial charge in [-0.2, -0.15) is 0 Å². The topological polar surface area (TPSA) is 29.1 Å². The molecule has 0 fully saturated rings. The van der Waals surface area contributed by atoms with Gasteiger partial charge in [-0.05, 0) is 24.6 Å². The zero-order valence-corrected chi connectivity index (χ0v) is 9.78. The summed E-state index contributed by atoms with van der Waals surface area (Å²) in [6.07, 6.45) is 0. The SMILES string of the molecule is CC(=O)NCC#Cc1cc(Cl)c(C)cc1F. The Morgan fingerprint density at radius 2 is 2.25 bits per heavy atom. The number of amides is 1. The van der Waals surface area contributed by atoms with Gasteiger partial charge in [0.2, 0.25) is 5.91 Å². The molecule has 16 heavy (non-hydrogen) atoms. The molecule has 0 aliphatic rings. The first kappa shape index (κ1) is 12.5. The van der Waals surface area contributed by atoms with Crippen LogP contribution in [0.2, 0.25) is 5.02 Å². The third kappa shape index (κ3) is 3.56. The van der Waals surface area contributed by atoms with Crippen molar-refractivity contribution in [3.8, 4) is 11.8 Å². The fraction of sp³-hybridized carbons (Fsp3) is 0.250. The minimum atomic E-state index is -0.405. The molecule has 1 amide bonds. The molecule has 0 heterocycles. The van der Waals surface area contributed by atoms with E-state index in [4.69, 9.17) is 11.6 Å². The van der Waals surface area contributed by atoms with Crippen molar-refractivity contribution in [2.45, 2.75) is 13.8 Å². The summed E-state index contributed by atoms with van der Waals surface area (Å²) in [4.78, 5) is 10.5. The van der Waals surface area contributed by atoms with Crippen molar-refractivity contribution in [3.63, 3.8) is 0 Å². The van der Waals surface area contributed by atoms with Crippen molar-refractivity contribution in [1.29, 1.82) is 0 Å². The highest BCUT2D eigenvalue weighted by molar-refractivity contribution is 6.31. The molecule has 1 rings (SSSR count). The molecule has 1 N–H and O–H groups in total. The molecule has 0 aromatic heterocycles. The first-order valence-corrected chi connectivity index (χ1v) is 5.07. The summed E-state index contributed by atoms with van der Waals surface area (Å²) >= 11 is 5.84. The number of nitrogens with one attached hydrogen (secondary N) is 1. The Kier molecular flexibility index (Phi) is 4.33. The van der Waals surface area contributed by atoms with E-state index in [-0.39, 0.29) is 18.0 Å². The monoisotopic (exact) mass is 239 g/mol. The average molecular weight is 240 g/mol. The smallest absolute Gasteiger partial charge is 0.217 e. The summed E-state index contributed by atoms with van der Waals surface area (Å²) in [7, 11) is 0. The number of halogens is 2. The van der Waals surface area contributed by atoms with Gasteiger partial charge >= 0.3 is 0 Å². The van der Waals surface area contributed by atoms with Crippen LogP contribution in [0, 0.1) is 24.6 Å². The maximum Gasteiger partial charge on any atom is 0.217 e. The number of rotatable bonds is 1. The highest BCUT2D eigenvalue weighted by Gasteiger charge is 2.03. The molecule has 0 aliphatic heterocycles. The van der Waals surface area contributed by atoms with Gasteiger partial charge in [0.15, 0.2) is 0 Å². The maximum absolute atomic E-state index is 13.4. The van der Waals surface area contributed by atoms with Crippen LogP contribution in [-0.2, 0) is 4.79 Å². The number of hydrogen-bond acceptors (Lipinski definition) is 1. The number of aryl methyl sites for hydroxylation is 1. The molecule has 2 nitrogen and oxygen atoms in total. The van der Waals surface area contributed by atoms with E-state index in [1.165, 1.54) is 19.1 Å². The standard InChI is InChI=1S/C12H11ClFNO/c1-8-6-12(14)10(7-11(8)13)4-3-5-15-9(2)16/h6-7H,5H2,1-2H3,(H,15,16). The van der Waals surface area contributed by atoms with Gasteiger partial charge in [-0.3, -0.25) is 4.79 Å². The van der Waals surface area contributed by atoms with E-state index >= 15 is 0 Å². The van der Waals surface area contributed by atoms with Crippen LogP contribution in [-0.4, -0.2) is 12.5 Å². The Bertz CT molecular complexity index is 474. The molecule has 0 spiro atoms. The molecule has 0 atom stereocenters. The van der Waals surface area contributed by atoms with Crippen LogP contribution in [0.3, 0.4) is 0 Å². The van der Waals surface area contributed by atoms with Gasteiger partial charge in [0.05, 0.1) is 12.1 Å². The summed E-state index contributed by atoms with van der Waals surface area (Å²) < 4.78 is 13.4. The van der Waals surface area contributed by atoms with Crippen molar-refractivity contribution >= 4 is 17.5 Å². The van der Waals surface area contributed by atoms with Crippen LogP contribution in [0.4, 0.5) is 4.39 Å². The molecule has 0 radical (unpaired) electrons. The van der Waals surface area contributed by atoms with Gasteiger partial charge in [-0.15, -0.1) is 0 Å². The first-order chi connectivity index (χ1) is 7.50. The molecule has 0 bridgehead atoms. The fourth-order valence-electron chi connectivity index (χ4n) is 1.05. The molecular formula is C12H11ClFNO. The molecule has 0 saturated carbocycles. The lowest BCUT2D eigenvalue weighted by atomic mass is 10.1. The fourth-order valence-corrected chi connectivity index (χ4v) is 1.21. The third-order valence-electron chi connectivity index (χ3n) is 1.90. The predicted molar refractivity (Wildman–Crippen MR) is 61.7 cm³/mol. The Labute approximate surface area is 98.8 Å². The van der Waals surface area contributed by atoms with Gasteiger partial charge in [0.25, 0.3) is 0 Å². The van der Waals surface area contributed by atoms with Gasteiger partial charge in [-0.25, -0.2) is 4.39 Å². The lowest BCUT2D eigenvalue weighted by Gasteiger charge is -1.99. The molecule has 0 aliphatic carbocycles. The summed E-state index contributed by atoms with van der Waals surface area (Å²) in [6.45, 7) is 3.31. The largest absolute Gasteiger partial charge is 0.345 e. The van der Waals surface area contributed by atoms with Crippen molar-refractivity contribution in [2.24, 2.45) is 0 Å². The number of carbonyl (C=O) groups excluding carboxylic acids is 1. The van der Waals surface area contributed by atoms with Crippen molar-refractivity contribution in [3.05, 3.63) is 34.1 Å². The Morgan fingerprint density at radius 3 is 2.88 bits per heavy atom. The molecule has 0 saturated heterocycles. The Balaban J connectivity index is 2.81. The number of carbonyl (C=O) groups is 1. The maximum atomic E-state index is 13.4. The van der Waals surface area contributed by atoms with Crippen LogP contribution < -0.4 is 5.32 Å². The molecule has 0 unspecified atom stereocenters. The van der Waals surface area contributed by atoms with E-state index < -0.39 is 5.82 Å². The average Bonchev–Trinajstić information content (AvgIpc) is 2.19. The third-order valence-corrected chi connectivity index (χ3v) is 2.30. The second kappa shape index (κ2) is 5.53. The van der Waals surface area contributed by atoms with Crippen LogP contribution in [0.15, 0.2) is 12.1 Å². The van der Waals surface area contributed by atoms with Crippen LogP contribution in [0.1, 0.15) is 18.1 Å². The van der Waals surface area contributed by atoms with Crippen LogP contribution in [0.25, 0.3) is 0 Å². The van der Waals surface area contributed by atoms with Crippen molar-refractivity contribution < 1.29 is 9.18 Å². The predicted octanol–water partition coefficient (Wildman–Crippen LogP) is 2.28. The first-order valence-electron chi connectivity index (χ1n) is 4.69. The van der Waals surface area contributed by atoms with Gasteiger partial charge in [0, 0.05) is 11.9 Å². The van der Waals surface area contributed by atoms with E-state index in [1.54, 1.807) is 6.92 Å².